The standard InChI is InChI=1S/C20H17BrFN7O2/c21-14-4-1-12(22)5-10(14)8-23-16-7-17(25-13-2-3-13)29-18(27-16)11(9-24-29)6-15-19(30)28-20(31)26-15/h1,4-7,9,13,23,30H,2-3,8H2,(H2,26,28,31)/b11-6-,25-17?. The van der Waals surface area contributed by atoms with Crippen LogP contribution in [0, 0.1) is 5.82 Å². The third-order valence-electron chi connectivity index (χ3n) is 4.84. The fraction of sp³-hybridized carbons (Fsp3) is 0.200. The number of imidazole rings is 1. The number of halogens is 2. The Morgan fingerprint density at radius 3 is 2.94 bits per heavy atom. The van der Waals surface area contributed by atoms with E-state index in [1.165, 1.54) is 12.1 Å². The lowest BCUT2D eigenvalue weighted by Crippen LogP contribution is -2.20. The molecule has 3 aromatic heterocycles. The lowest BCUT2D eigenvalue weighted by molar-refractivity contribution is 0.454. The molecule has 1 aromatic carbocycles. The molecule has 11 heteroatoms. The lowest BCUT2D eigenvalue weighted by atomic mass is 10.2. The van der Waals surface area contributed by atoms with E-state index < -0.39 is 5.69 Å². The maximum absolute atomic E-state index is 13.6. The molecule has 1 aliphatic rings. The average Bonchev–Trinajstić information content (AvgIpc) is 3.37. The Morgan fingerprint density at radius 2 is 2.19 bits per heavy atom. The van der Waals surface area contributed by atoms with Crippen molar-refractivity contribution in [3.8, 4) is 5.88 Å². The Kier molecular flexibility index (Phi) is 4.81. The number of nitrogens with one attached hydrogen (secondary N) is 3. The predicted octanol–water partition coefficient (Wildman–Crippen LogP) is 1.58. The van der Waals surface area contributed by atoms with Gasteiger partial charge in [-0.2, -0.15) is 9.61 Å². The van der Waals surface area contributed by atoms with Gasteiger partial charge in [-0.3, -0.25) is 9.98 Å². The largest absolute Gasteiger partial charge is 0.493 e. The van der Waals surface area contributed by atoms with Crippen molar-refractivity contribution in [3.05, 3.63) is 73.2 Å². The number of fused-ring (bicyclic) bond motifs is 1. The van der Waals surface area contributed by atoms with Gasteiger partial charge in [0.2, 0.25) is 5.88 Å². The van der Waals surface area contributed by atoms with Crippen LogP contribution in [0.15, 0.2) is 44.7 Å². The average molecular weight is 486 g/mol. The Hall–Kier alpha value is -3.47. The van der Waals surface area contributed by atoms with Gasteiger partial charge in [-0.15, -0.1) is 0 Å². The molecule has 0 radical (unpaired) electrons. The van der Waals surface area contributed by atoms with Gasteiger partial charge in [0.05, 0.1) is 12.2 Å². The van der Waals surface area contributed by atoms with Crippen LogP contribution in [-0.2, 0) is 6.54 Å². The number of rotatable bonds is 5. The van der Waals surface area contributed by atoms with Crippen molar-refractivity contribution in [2.75, 3.05) is 5.32 Å². The van der Waals surface area contributed by atoms with Crippen LogP contribution >= 0.6 is 15.9 Å². The van der Waals surface area contributed by atoms with E-state index in [-0.39, 0.29) is 23.4 Å². The van der Waals surface area contributed by atoms with Crippen LogP contribution in [-0.4, -0.2) is 35.7 Å². The lowest BCUT2D eigenvalue weighted by Gasteiger charge is -2.08. The van der Waals surface area contributed by atoms with Gasteiger partial charge in [0, 0.05) is 22.3 Å². The molecule has 3 heterocycles. The van der Waals surface area contributed by atoms with Crippen molar-refractivity contribution in [2.45, 2.75) is 25.4 Å². The van der Waals surface area contributed by atoms with E-state index in [1.54, 1.807) is 28.9 Å². The summed E-state index contributed by atoms with van der Waals surface area (Å²) in [7, 11) is 0. The number of aromatic amines is 2. The highest BCUT2D eigenvalue weighted by Crippen LogP contribution is 2.23. The minimum Gasteiger partial charge on any atom is -0.493 e. The molecule has 158 valence electrons. The summed E-state index contributed by atoms with van der Waals surface area (Å²) in [4.78, 5) is 25.6. The monoisotopic (exact) mass is 485 g/mol. The molecule has 0 unspecified atom stereocenters. The van der Waals surface area contributed by atoms with E-state index in [9.17, 15) is 14.3 Å². The quantitative estimate of drug-likeness (QED) is 0.341. The number of hydrogen-bond acceptors (Lipinski definition) is 6. The number of anilines is 1. The zero-order valence-corrected chi connectivity index (χ0v) is 17.6. The first kappa shape index (κ1) is 19.5. The van der Waals surface area contributed by atoms with Crippen LogP contribution in [0.4, 0.5) is 10.2 Å². The summed E-state index contributed by atoms with van der Waals surface area (Å²) in [6, 6.07) is 6.56. The number of aromatic nitrogens is 5. The maximum atomic E-state index is 13.6. The molecule has 9 nitrogen and oxygen atoms in total. The van der Waals surface area contributed by atoms with Gasteiger partial charge in [-0.1, -0.05) is 15.9 Å². The van der Waals surface area contributed by atoms with E-state index in [4.69, 9.17) is 4.99 Å². The second-order valence-corrected chi connectivity index (χ2v) is 8.12. The topological polar surface area (TPSA) is 123 Å². The third kappa shape index (κ3) is 4.08. The van der Waals surface area contributed by atoms with Crippen molar-refractivity contribution in [1.29, 1.82) is 0 Å². The van der Waals surface area contributed by atoms with Crippen LogP contribution < -0.4 is 21.7 Å². The summed E-state index contributed by atoms with van der Waals surface area (Å²) in [5, 5.41) is 18.0. The van der Waals surface area contributed by atoms with Crippen molar-refractivity contribution < 1.29 is 9.50 Å². The Morgan fingerprint density at radius 1 is 1.35 bits per heavy atom. The highest BCUT2D eigenvalue weighted by molar-refractivity contribution is 9.10. The molecule has 4 aromatic rings. The smallest absolute Gasteiger partial charge is 0.326 e. The molecule has 4 N–H and O–H groups in total. The summed E-state index contributed by atoms with van der Waals surface area (Å²) >= 11 is 3.43. The molecule has 0 saturated heterocycles. The van der Waals surface area contributed by atoms with Gasteiger partial charge in [-0.25, -0.2) is 14.2 Å². The second-order valence-electron chi connectivity index (χ2n) is 7.27. The van der Waals surface area contributed by atoms with Gasteiger partial charge in [0.1, 0.15) is 17.3 Å². The van der Waals surface area contributed by atoms with Crippen LogP contribution in [0.1, 0.15) is 24.1 Å². The maximum Gasteiger partial charge on any atom is 0.326 e. The van der Waals surface area contributed by atoms with Crippen LogP contribution in [0.25, 0.3) is 11.7 Å². The van der Waals surface area contributed by atoms with Crippen molar-refractivity contribution in [3.63, 3.8) is 0 Å². The number of benzene rings is 1. The molecule has 1 fully saturated rings. The van der Waals surface area contributed by atoms with Gasteiger partial charge in [0.25, 0.3) is 0 Å². The number of aromatic hydroxyl groups is 1. The van der Waals surface area contributed by atoms with E-state index in [2.05, 4.69) is 41.3 Å². The Bertz CT molecular complexity index is 1470. The normalized spacial score (nSPS) is 15.2. The molecule has 0 bridgehead atoms. The SMILES string of the molecule is O=c1[nH]c(O)c(/C=c2/cnn3c(=NC4CC4)cc(NCc4cc(F)ccc4Br)nc23)[nH]1. The zero-order valence-electron chi connectivity index (χ0n) is 16.1. The molecule has 5 rings (SSSR count). The highest BCUT2D eigenvalue weighted by Gasteiger charge is 2.20. The summed E-state index contributed by atoms with van der Waals surface area (Å²) in [5.74, 6) is -0.0386. The summed E-state index contributed by atoms with van der Waals surface area (Å²) < 4.78 is 16.0. The van der Waals surface area contributed by atoms with Crippen LogP contribution in [0.2, 0.25) is 0 Å². The van der Waals surface area contributed by atoms with Gasteiger partial charge < -0.3 is 15.4 Å². The Balaban J connectivity index is 1.59. The van der Waals surface area contributed by atoms with Crippen molar-refractivity contribution in [1.82, 2.24) is 24.6 Å². The molecule has 0 atom stereocenters. The van der Waals surface area contributed by atoms with E-state index in [0.29, 0.717) is 28.7 Å². The first-order chi connectivity index (χ1) is 15.0. The molecule has 1 aliphatic carbocycles. The van der Waals surface area contributed by atoms with Crippen LogP contribution in [0.3, 0.4) is 0 Å². The molecule has 1 saturated carbocycles. The van der Waals surface area contributed by atoms with Gasteiger partial charge in [-0.05, 0) is 42.7 Å². The van der Waals surface area contributed by atoms with Crippen molar-refractivity contribution >= 4 is 33.5 Å². The predicted molar refractivity (Wildman–Crippen MR) is 115 cm³/mol. The molecular formula is C20H17BrFN7O2. The van der Waals surface area contributed by atoms with E-state index >= 15 is 0 Å². The van der Waals surface area contributed by atoms with Crippen LogP contribution in [0.5, 0.6) is 5.88 Å². The third-order valence-corrected chi connectivity index (χ3v) is 5.62. The summed E-state index contributed by atoms with van der Waals surface area (Å²) in [6.07, 6.45) is 5.23. The van der Waals surface area contributed by atoms with Crippen molar-refractivity contribution in [2.24, 2.45) is 4.99 Å². The van der Waals surface area contributed by atoms with E-state index in [1.807, 2.05) is 0 Å². The fourth-order valence-electron chi connectivity index (χ4n) is 3.15. The summed E-state index contributed by atoms with van der Waals surface area (Å²) in [5.41, 5.74) is 1.60. The first-order valence-corrected chi connectivity index (χ1v) is 10.4. The van der Waals surface area contributed by atoms with Gasteiger partial charge in [0.15, 0.2) is 11.1 Å². The van der Waals surface area contributed by atoms with Gasteiger partial charge >= 0.3 is 5.69 Å². The number of nitrogens with zero attached hydrogens (tertiary/aromatic N) is 4. The Labute approximate surface area is 182 Å². The minimum atomic E-state index is -0.513. The molecule has 0 spiro atoms. The first-order valence-electron chi connectivity index (χ1n) is 9.60. The summed E-state index contributed by atoms with van der Waals surface area (Å²) in [6.45, 7) is 0.351. The molecule has 31 heavy (non-hydrogen) atoms. The molecule has 0 aliphatic heterocycles. The molecular weight excluding hydrogens is 469 g/mol. The molecule has 0 amide bonds. The minimum absolute atomic E-state index is 0.226. The second kappa shape index (κ2) is 7.65. The highest BCUT2D eigenvalue weighted by atomic mass is 79.9. The van der Waals surface area contributed by atoms with E-state index in [0.717, 1.165) is 22.9 Å². The fourth-order valence-corrected chi connectivity index (χ4v) is 3.54. The number of hydrogen-bond donors (Lipinski definition) is 4. The zero-order chi connectivity index (χ0) is 21.5. The number of H-pyrrole nitrogens is 2.